The SMILES string of the molecule is S=C(NCc1ccccc1)Nc1nc(Sc2ncccn2)cc(N2CCCC2)n1. The Kier molecular flexibility index (Phi) is 6.48. The molecule has 0 radical (unpaired) electrons. The summed E-state index contributed by atoms with van der Waals surface area (Å²) in [6, 6.07) is 13.9. The molecule has 3 heterocycles. The van der Waals surface area contributed by atoms with Gasteiger partial charge < -0.3 is 15.5 Å². The van der Waals surface area contributed by atoms with Crippen LogP contribution in [0.4, 0.5) is 11.8 Å². The Bertz CT molecular complexity index is 948. The Morgan fingerprint density at radius 1 is 1.03 bits per heavy atom. The van der Waals surface area contributed by atoms with Gasteiger partial charge in [0.2, 0.25) is 5.95 Å². The van der Waals surface area contributed by atoms with Crippen LogP contribution in [0.3, 0.4) is 0 Å². The van der Waals surface area contributed by atoms with Crippen LogP contribution in [0.5, 0.6) is 0 Å². The Morgan fingerprint density at radius 2 is 1.79 bits per heavy atom. The third-order valence-corrected chi connectivity index (χ3v) is 5.44. The first-order valence-corrected chi connectivity index (χ1v) is 10.7. The Hall–Kier alpha value is -2.78. The molecule has 1 fully saturated rings. The van der Waals surface area contributed by atoms with E-state index in [9.17, 15) is 0 Å². The van der Waals surface area contributed by atoms with Gasteiger partial charge in [0.1, 0.15) is 10.8 Å². The molecule has 2 N–H and O–H groups in total. The molecule has 29 heavy (non-hydrogen) atoms. The van der Waals surface area contributed by atoms with Crippen molar-refractivity contribution in [1.29, 1.82) is 0 Å². The fourth-order valence-corrected chi connectivity index (χ4v) is 3.86. The molecule has 2 aromatic heterocycles. The van der Waals surface area contributed by atoms with Gasteiger partial charge in [-0.3, -0.25) is 0 Å². The molecule has 0 aliphatic carbocycles. The zero-order valence-corrected chi connectivity index (χ0v) is 17.4. The highest BCUT2D eigenvalue weighted by atomic mass is 32.2. The van der Waals surface area contributed by atoms with Gasteiger partial charge in [-0.15, -0.1) is 0 Å². The Balaban J connectivity index is 1.49. The number of thiocarbonyl (C=S) groups is 1. The van der Waals surface area contributed by atoms with Gasteiger partial charge >= 0.3 is 0 Å². The molecule has 0 atom stereocenters. The summed E-state index contributed by atoms with van der Waals surface area (Å²) in [6.07, 6.45) is 5.79. The molecule has 7 nitrogen and oxygen atoms in total. The minimum Gasteiger partial charge on any atom is -0.358 e. The average molecular weight is 424 g/mol. The van der Waals surface area contributed by atoms with E-state index in [4.69, 9.17) is 12.2 Å². The van der Waals surface area contributed by atoms with E-state index in [1.165, 1.54) is 24.6 Å². The lowest BCUT2D eigenvalue weighted by Gasteiger charge is -2.18. The molecule has 0 amide bonds. The van der Waals surface area contributed by atoms with Crippen molar-refractivity contribution in [3.8, 4) is 0 Å². The maximum atomic E-state index is 5.44. The molecule has 148 valence electrons. The quantitative estimate of drug-likeness (QED) is 0.352. The molecule has 9 heteroatoms. The van der Waals surface area contributed by atoms with E-state index >= 15 is 0 Å². The second-order valence-electron chi connectivity index (χ2n) is 6.51. The summed E-state index contributed by atoms with van der Waals surface area (Å²) >= 11 is 6.85. The van der Waals surface area contributed by atoms with Crippen LogP contribution in [-0.4, -0.2) is 38.1 Å². The number of anilines is 2. The van der Waals surface area contributed by atoms with Crippen LogP contribution < -0.4 is 15.5 Å². The highest BCUT2D eigenvalue weighted by Gasteiger charge is 2.17. The van der Waals surface area contributed by atoms with E-state index in [-0.39, 0.29) is 0 Å². The van der Waals surface area contributed by atoms with Crippen molar-refractivity contribution in [2.45, 2.75) is 29.6 Å². The zero-order chi connectivity index (χ0) is 19.9. The summed E-state index contributed by atoms with van der Waals surface area (Å²) in [7, 11) is 0. The number of nitrogens with one attached hydrogen (secondary N) is 2. The first-order valence-electron chi connectivity index (χ1n) is 9.44. The molecule has 0 saturated carbocycles. The second-order valence-corrected chi connectivity index (χ2v) is 7.90. The molecule has 4 rings (SSSR count). The smallest absolute Gasteiger partial charge is 0.232 e. The lowest BCUT2D eigenvalue weighted by Crippen LogP contribution is -2.29. The lowest BCUT2D eigenvalue weighted by atomic mass is 10.2. The van der Waals surface area contributed by atoms with Crippen LogP contribution in [0.1, 0.15) is 18.4 Å². The van der Waals surface area contributed by atoms with Crippen LogP contribution in [-0.2, 0) is 6.54 Å². The molecular weight excluding hydrogens is 402 g/mol. The molecule has 1 aromatic carbocycles. The van der Waals surface area contributed by atoms with Gasteiger partial charge in [-0.2, -0.15) is 4.98 Å². The first kappa shape index (κ1) is 19.5. The summed E-state index contributed by atoms with van der Waals surface area (Å²) in [5.74, 6) is 1.36. The van der Waals surface area contributed by atoms with Gasteiger partial charge in [0.25, 0.3) is 0 Å². The largest absolute Gasteiger partial charge is 0.358 e. The molecule has 0 unspecified atom stereocenters. The van der Waals surface area contributed by atoms with Crippen LogP contribution in [0, 0.1) is 0 Å². The number of nitrogens with zero attached hydrogens (tertiary/aromatic N) is 5. The van der Waals surface area contributed by atoms with Gasteiger partial charge in [-0.25, -0.2) is 15.0 Å². The molecule has 1 aliphatic heterocycles. The van der Waals surface area contributed by atoms with Gasteiger partial charge in [0.15, 0.2) is 10.3 Å². The van der Waals surface area contributed by atoms with Gasteiger partial charge in [0.05, 0.1) is 0 Å². The second kappa shape index (κ2) is 9.62. The van der Waals surface area contributed by atoms with Gasteiger partial charge in [-0.05, 0) is 48.5 Å². The predicted molar refractivity (Wildman–Crippen MR) is 119 cm³/mol. The number of hydrogen-bond donors (Lipinski definition) is 2. The topological polar surface area (TPSA) is 78.9 Å². The minimum absolute atomic E-state index is 0.471. The van der Waals surface area contributed by atoms with E-state index in [1.807, 2.05) is 24.3 Å². The van der Waals surface area contributed by atoms with Gasteiger partial charge in [0, 0.05) is 38.1 Å². The first-order chi connectivity index (χ1) is 14.3. The van der Waals surface area contributed by atoms with Crippen molar-refractivity contribution in [3.63, 3.8) is 0 Å². The fraction of sp³-hybridized carbons (Fsp3) is 0.250. The van der Waals surface area contributed by atoms with Crippen molar-refractivity contribution in [2.24, 2.45) is 0 Å². The Morgan fingerprint density at radius 3 is 2.55 bits per heavy atom. The van der Waals surface area contributed by atoms with E-state index in [2.05, 4.69) is 47.6 Å². The van der Waals surface area contributed by atoms with E-state index in [0.29, 0.717) is 22.8 Å². The van der Waals surface area contributed by atoms with E-state index in [1.54, 1.807) is 18.5 Å². The maximum absolute atomic E-state index is 5.44. The van der Waals surface area contributed by atoms with Crippen molar-refractivity contribution >= 4 is 40.9 Å². The molecule has 3 aromatic rings. The summed E-state index contributed by atoms with van der Waals surface area (Å²) in [5.41, 5.74) is 1.15. The summed E-state index contributed by atoms with van der Waals surface area (Å²) < 4.78 is 0. The third kappa shape index (κ3) is 5.61. The van der Waals surface area contributed by atoms with Crippen molar-refractivity contribution in [3.05, 3.63) is 60.4 Å². The van der Waals surface area contributed by atoms with E-state index in [0.717, 1.165) is 29.5 Å². The van der Waals surface area contributed by atoms with Crippen LogP contribution in [0.15, 0.2) is 65.0 Å². The fourth-order valence-electron chi connectivity index (χ4n) is 2.98. The lowest BCUT2D eigenvalue weighted by molar-refractivity contribution is 0.900. The number of benzene rings is 1. The number of hydrogen-bond acceptors (Lipinski definition) is 7. The maximum Gasteiger partial charge on any atom is 0.232 e. The normalized spacial score (nSPS) is 13.3. The van der Waals surface area contributed by atoms with Crippen LogP contribution in [0.25, 0.3) is 0 Å². The highest BCUT2D eigenvalue weighted by Crippen LogP contribution is 2.28. The van der Waals surface area contributed by atoms with Crippen molar-refractivity contribution in [1.82, 2.24) is 25.3 Å². The standard InChI is InChI=1S/C20H21N7S2/c28-19(23-14-15-7-2-1-3-8-15)26-18-24-16(27-11-4-5-12-27)13-17(25-18)29-20-21-9-6-10-22-20/h1-3,6-10,13H,4-5,11-12,14H2,(H2,23,24,25,26,28). The molecular formula is C20H21N7S2. The molecule has 1 aliphatic rings. The third-order valence-electron chi connectivity index (χ3n) is 4.38. The predicted octanol–water partition coefficient (Wildman–Crippen LogP) is 3.50. The zero-order valence-electron chi connectivity index (χ0n) is 15.8. The number of rotatable bonds is 6. The minimum atomic E-state index is 0.471. The van der Waals surface area contributed by atoms with Crippen LogP contribution in [0.2, 0.25) is 0 Å². The van der Waals surface area contributed by atoms with Crippen molar-refractivity contribution < 1.29 is 0 Å². The molecule has 0 bridgehead atoms. The monoisotopic (exact) mass is 423 g/mol. The van der Waals surface area contributed by atoms with E-state index < -0.39 is 0 Å². The van der Waals surface area contributed by atoms with Crippen LogP contribution >= 0.6 is 24.0 Å². The summed E-state index contributed by atoms with van der Waals surface area (Å²) in [5, 5.41) is 8.23. The van der Waals surface area contributed by atoms with Crippen molar-refractivity contribution in [2.75, 3.05) is 23.3 Å². The summed E-state index contributed by atoms with van der Waals surface area (Å²) in [4.78, 5) is 20.1. The number of aromatic nitrogens is 4. The van der Waals surface area contributed by atoms with Gasteiger partial charge in [-0.1, -0.05) is 30.3 Å². The molecule has 0 spiro atoms. The highest BCUT2D eigenvalue weighted by molar-refractivity contribution is 7.99. The molecule has 1 saturated heterocycles. The Labute approximate surface area is 179 Å². The summed E-state index contributed by atoms with van der Waals surface area (Å²) in [6.45, 7) is 2.64. The average Bonchev–Trinajstić information content (AvgIpc) is 3.29.